The Balaban J connectivity index is 3.55. The second-order valence-electron chi connectivity index (χ2n) is 2.55. The van der Waals surface area contributed by atoms with Crippen molar-refractivity contribution in [3.8, 4) is 5.75 Å². The first-order valence-electron chi connectivity index (χ1n) is 3.43. The number of aryl methyl sites for hydroxylation is 1. The molecule has 4 heteroatoms. The molecule has 1 aromatic heterocycles. The Labute approximate surface area is 69.1 Å². The zero-order chi connectivity index (χ0) is 9.30. The third-order valence-electron chi connectivity index (χ3n) is 1.60. The number of Topliss-reactive ketones (excluding diaryl/α,β-unsaturated/α-hetero) is 1. The number of ketones is 1. The highest BCUT2D eigenvalue weighted by Gasteiger charge is 2.11. The van der Waals surface area contributed by atoms with E-state index in [-0.39, 0.29) is 11.3 Å². The van der Waals surface area contributed by atoms with Gasteiger partial charge in [0, 0.05) is 13.2 Å². The minimum absolute atomic E-state index is 0.153. The number of carbonyl (C=O) groups is 1. The van der Waals surface area contributed by atoms with Gasteiger partial charge in [0.15, 0.2) is 5.78 Å². The molecule has 12 heavy (non-hydrogen) atoms. The summed E-state index contributed by atoms with van der Waals surface area (Å²) in [6.07, 6.45) is 1.41. The molecule has 4 nitrogen and oxygen atoms in total. The molecule has 0 radical (unpaired) electrons. The highest BCUT2D eigenvalue weighted by molar-refractivity contribution is 5.96. The standard InChI is InChI=1S/C8H9NO3/c1-5(10)7-6(11)3-4-9(2)8(7)12/h3-4,11H,1-2H3. The van der Waals surface area contributed by atoms with Crippen LogP contribution in [0.2, 0.25) is 0 Å². The lowest BCUT2D eigenvalue weighted by Gasteiger charge is -2.01. The number of rotatable bonds is 1. The van der Waals surface area contributed by atoms with Gasteiger partial charge in [0.1, 0.15) is 11.3 Å². The molecule has 0 aliphatic rings. The summed E-state index contributed by atoms with van der Waals surface area (Å²) < 4.78 is 1.25. The monoisotopic (exact) mass is 167 g/mol. The topological polar surface area (TPSA) is 59.3 Å². The smallest absolute Gasteiger partial charge is 0.264 e. The van der Waals surface area contributed by atoms with Crippen LogP contribution in [-0.4, -0.2) is 15.5 Å². The maximum absolute atomic E-state index is 11.2. The average molecular weight is 167 g/mol. The Morgan fingerprint density at radius 2 is 2.17 bits per heavy atom. The maximum atomic E-state index is 11.2. The predicted octanol–water partition coefficient (Wildman–Crippen LogP) is 0.293. The van der Waals surface area contributed by atoms with Gasteiger partial charge in [0.05, 0.1) is 0 Å². The second-order valence-corrected chi connectivity index (χ2v) is 2.55. The molecule has 0 saturated heterocycles. The van der Waals surface area contributed by atoms with Crippen LogP contribution >= 0.6 is 0 Å². The molecule has 0 aliphatic carbocycles. The van der Waals surface area contributed by atoms with E-state index >= 15 is 0 Å². The van der Waals surface area contributed by atoms with Crippen molar-refractivity contribution in [2.24, 2.45) is 7.05 Å². The van der Waals surface area contributed by atoms with Crippen LogP contribution in [0.5, 0.6) is 5.75 Å². The summed E-state index contributed by atoms with van der Waals surface area (Å²) in [6.45, 7) is 1.25. The number of aromatic nitrogens is 1. The van der Waals surface area contributed by atoms with Gasteiger partial charge in [0.2, 0.25) is 0 Å². The Morgan fingerprint density at radius 3 is 2.58 bits per heavy atom. The Hall–Kier alpha value is -1.58. The third kappa shape index (κ3) is 1.23. The van der Waals surface area contributed by atoms with Crippen molar-refractivity contribution in [3.05, 3.63) is 28.2 Å². The number of nitrogens with zero attached hydrogens (tertiary/aromatic N) is 1. The molecule has 0 spiro atoms. The third-order valence-corrected chi connectivity index (χ3v) is 1.60. The Bertz CT molecular complexity index is 378. The molecule has 64 valence electrons. The van der Waals surface area contributed by atoms with E-state index in [4.69, 9.17) is 5.11 Å². The minimum atomic E-state index is -0.470. The summed E-state index contributed by atoms with van der Waals surface area (Å²) in [5.41, 5.74) is -0.623. The first-order valence-corrected chi connectivity index (χ1v) is 3.43. The van der Waals surface area contributed by atoms with Crippen molar-refractivity contribution < 1.29 is 9.90 Å². The molecule has 0 unspecified atom stereocenters. The van der Waals surface area contributed by atoms with Gasteiger partial charge in [-0.3, -0.25) is 9.59 Å². The molecule has 0 amide bonds. The van der Waals surface area contributed by atoms with E-state index < -0.39 is 11.3 Å². The zero-order valence-corrected chi connectivity index (χ0v) is 6.87. The molecule has 1 rings (SSSR count). The molecule has 0 saturated carbocycles. The molecule has 0 fully saturated rings. The minimum Gasteiger partial charge on any atom is -0.507 e. The molecule has 1 N–H and O–H groups in total. The van der Waals surface area contributed by atoms with Gasteiger partial charge in [-0.25, -0.2) is 0 Å². The van der Waals surface area contributed by atoms with Crippen molar-refractivity contribution >= 4 is 5.78 Å². The molecule has 1 aromatic rings. The lowest BCUT2D eigenvalue weighted by molar-refractivity contribution is 0.101. The largest absolute Gasteiger partial charge is 0.507 e. The number of hydrogen-bond acceptors (Lipinski definition) is 3. The summed E-state index contributed by atoms with van der Waals surface area (Å²) in [6, 6.07) is 1.32. The van der Waals surface area contributed by atoms with E-state index in [0.717, 1.165) is 0 Å². The number of hydrogen-bond donors (Lipinski definition) is 1. The van der Waals surface area contributed by atoms with Gasteiger partial charge in [-0.1, -0.05) is 0 Å². The molecule has 0 bridgehead atoms. The van der Waals surface area contributed by atoms with Gasteiger partial charge in [0.25, 0.3) is 5.56 Å². The normalized spacial score (nSPS) is 9.83. The highest BCUT2D eigenvalue weighted by atomic mass is 16.3. The van der Waals surface area contributed by atoms with Gasteiger partial charge in [-0.2, -0.15) is 0 Å². The zero-order valence-electron chi connectivity index (χ0n) is 6.87. The van der Waals surface area contributed by atoms with Crippen LogP contribution in [0.15, 0.2) is 17.1 Å². The Morgan fingerprint density at radius 1 is 1.58 bits per heavy atom. The van der Waals surface area contributed by atoms with Crippen LogP contribution in [0.25, 0.3) is 0 Å². The number of carbonyl (C=O) groups excluding carboxylic acids is 1. The molecule has 0 aromatic carbocycles. The van der Waals surface area contributed by atoms with Crippen LogP contribution in [0.1, 0.15) is 17.3 Å². The summed E-state index contributed by atoms with van der Waals surface area (Å²) in [5.74, 6) is -0.681. The van der Waals surface area contributed by atoms with Gasteiger partial charge in [-0.05, 0) is 13.0 Å². The van der Waals surface area contributed by atoms with Crippen molar-refractivity contribution in [2.45, 2.75) is 6.92 Å². The SMILES string of the molecule is CC(=O)c1c(O)ccn(C)c1=O. The van der Waals surface area contributed by atoms with Gasteiger partial charge < -0.3 is 9.67 Å². The van der Waals surface area contributed by atoms with Crippen molar-refractivity contribution in [2.75, 3.05) is 0 Å². The van der Waals surface area contributed by atoms with Gasteiger partial charge >= 0.3 is 0 Å². The molecule has 0 aliphatic heterocycles. The fraction of sp³-hybridized carbons (Fsp3) is 0.250. The summed E-state index contributed by atoms with van der Waals surface area (Å²) in [5, 5.41) is 9.15. The molecule has 1 heterocycles. The average Bonchev–Trinajstić information content (AvgIpc) is 1.97. The van der Waals surface area contributed by atoms with Crippen molar-refractivity contribution in [1.29, 1.82) is 0 Å². The lowest BCUT2D eigenvalue weighted by atomic mass is 10.2. The predicted molar refractivity (Wildman–Crippen MR) is 43.4 cm³/mol. The fourth-order valence-electron chi connectivity index (χ4n) is 0.950. The Kier molecular flexibility index (Phi) is 1.99. The molecule has 0 atom stereocenters. The van der Waals surface area contributed by atoms with Crippen LogP contribution in [0.4, 0.5) is 0 Å². The van der Waals surface area contributed by atoms with Crippen molar-refractivity contribution in [1.82, 2.24) is 4.57 Å². The van der Waals surface area contributed by atoms with Crippen LogP contribution in [-0.2, 0) is 7.05 Å². The quantitative estimate of drug-likeness (QED) is 0.612. The van der Waals surface area contributed by atoms with Crippen LogP contribution < -0.4 is 5.56 Å². The van der Waals surface area contributed by atoms with Crippen LogP contribution in [0.3, 0.4) is 0 Å². The first-order chi connectivity index (χ1) is 5.54. The maximum Gasteiger partial charge on any atom is 0.264 e. The van der Waals surface area contributed by atoms with E-state index in [9.17, 15) is 9.59 Å². The van der Waals surface area contributed by atoms with Crippen molar-refractivity contribution in [3.63, 3.8) is 0 Å². The molecular weight excluding hydrogens is 158 g/mol. The lowest BCUT2D eigenvalue weighted by Crippen LogP contribution is -2.22. The summed E-state index contributed by atoms with van der Waals surface area (Å²) >= 11 is 0. The highest BCUT2D eigenvalue weighted by Crippen LogP contribution is 2.10. The van der Waals surface area contributed by atoms with E-state index in [1.165, 1.54) is 30.8 Å². The van der Waals surface area contributed by atoms with E-state index in [1.807, 2.05) is 0 Å². The first kappa shape index (κ1) is 8.52. The van der Waals surface area contributed by atoms with Crippen LogP contribution in [0, 0.1) is 0 Å². The summed E-state index contributed by atoms with van der Waals surface area (Å²) in [7, 11) is 1.52. The van der Waals surface area contributed by atoms with Gasteiger partial charge in [-0.15, -0.1) is 0 Å². The summed E-state index contributed by atoms with van der Waals surface area (Å²) in [4.78, 5) is 22.1. The molecular formula is C8H9NO3. The van der Waals surface area contributed by atoms with E-state index in [2.05, 4.69) is 0 Å². The number of pyridine rings is 1. The van der Waals surface area contributed by atoms with E-state index in [1.54, 1.807) is 0 Å². The number of aromatic hydroxyl groups is 1. The second kappa shape index (κ2) is 2.81. The fourth-order valence-corrected chi connectivity index (χ4v) is 0.950. The van der Waals surface area contributed by atoms with E-state index in [0.29, 0.717) is 0 Å².